The van der Waals surface area contributed by atoms with Gasteiger partial charge < -0.3 is 5.11 Å². The molecule has 0 fully saturated rings. The molecule has 2 aromatic rings. The molecule has 0 unspecified atom stereocenters. The summed E-state index contributed by atoms with van der Waals surface area (Å²) in [6.07, 6.45) is 1.29. The third-order valence-electron chi connectivity index (χ3n) is 2.29. The van der Waals surface area contributed by atoms with E-state index in [1.54, 1.807) is 0 Å². The van der Waals surface area contributed by atoms with Crippen molar-refractivity contribution in [1.29, 1.82) is 0 Å². The van der Waals surface area contributed by atoms with Gasteiger partial charge in [-0.3, -0.25) is 9.82 Å². The van der Waals surface area contributed by atoms with Gasteiger partial charge in [-0.2, -0.15) is 13.5 Å². The first-order valence-electron chi connectivity index (χ1n) is 5.44. The molecular weight excluding hydrogens is 285 g/mol. The summed E-state index contributed by atoms with van der Waals surface area (Å²) >= 11 is 0. The SMILES string of the molecule is O=S(=O)(Nc1ccc(C#CCO)c(F)c1)c1ccn[nH]1. The van der Waals surface area contributed by atoms with Crippen LogP contribution in [0.1, 0.15) is 5.56 Å². The normalized spacial score (nSPS) is 10.7. The lowest BCUT2D eigenvalue weighted by atomic mass is 10.2. The Morgan fingerprint density at radius 3 is 2.80 bits per heavy atom. The van der Waals surface area contributed by atoms with Gasteiger partial charge in [0.05, 0.1) is 17.4 Å². The van der Waals surface area contributed by atoms with Gasteiger partial charge in [0.1, 0.15) is 12.4 Å². The van der Waals surface area contributed by atoms with Crippen molar-refractivity contribution >= 4 is 15.7 Å². The predicted octanol–water partition coefficient (Wildman–Crippen LogP) is 0.693. The first kappa shape index (κ1) is 14.0. The molecule has 0 spiro atoms. The fourth-order valence-electron chi connectivity index (χ4n) is 1.42. The summed E-state index contributed by atoms with van der Waals surface area (Å²) in [5.41, 5.74) is 0.134. The lowest BCUT2D eigenvalue weighted by Crippen LogP contribution is -2.13. The van der Waals surface area contributed by atoms with Gasteiger partial charge in [0.25, 0.3) is 10.0 Å². The number of aromatic amines is 1. The number of aromatic nitrogens is 2. The Hall–Kier alpha value is -2.37. The molecule has 0 radical (unpaired) electrons. The number of aliphatic hydroxyl groups is 1. The highest BCUT2D eigenvalue weighted by Gasteiger charge is 2.16. The predicted molar refractivity (Wildman–Crippen MR) is 69.8 cm³/mol. The number of anilines is 1. The Bertz CT molecular complexity index is 761. The number of nitrogens with one attached hydrogen (secondary N) is 2. The monoisotopic (exact) mass is 295 g/mol. The van der Waals surface area contributed by atoms with E-state index in [1.165, 1.54) is 24.4 Å². The highest BCUT2D eigenvalue weighted by molar-refractivity contribution is 7.92. The Labute approximate surface area is 114 Å². The minimum absolute atomic E-state index is 0.0617. The average Bonchev–Trinajstić information content (AvgIpc) is 2.92. The molecule has 0 amide bonds. The van der Waals surface area contributed by atoms with E-state index >= 15 is 0 Å². The number of sulfonamides is 1. The molecule has 0 aliphatic carbocycles. The van der Waals surface area contributed by atoms with Gasteiger partial charge in [-0.15, -0.1) is 0 Å². The lowest BCUT2D eigenvalue weighted by molar-refractivity contribution is 0.350. The van der Waals surface area contributed by atoms with Crippen LogP contribution in [0.2, 0.25) is 0 Å². The molecule has 0 saturated heterocycles. The minimum atomic E-state index is -3.83. The van der Waals surface area contributed by atoms with Crippen LogP contribution in [0.5, 0.6) is 0 Å². The Kier molecular flexibility index (Phi) is 4.02. The first-order valence-corrected chi connectivity index (χ1v) is 6.93. The van der Waals surface area contributed by atoms with Gasteiger partial charge >= 0.3 is 0 Å². The minimum Gasteiger partial charge on any atom is -0.384 e. The summed E-state index contributed by atoms with van der Waals surface area (Å²) in [5, 5.41) is 14.3. The van der Waals surface area contributed by atoms with Crippen molar-refractivity contribution in [3.63, 3.8) is 0 Å². The molecule has 0 bridgehead atoms. The molecule has 8 heteroatoms. The maximum atomic E-state index is 13.7. The zero-order chi connectivity index (χ0) is 14.6. The van der Waals surface area contributed by atoms with E-state index < -0.39 is 15.8 Å². The van der Waals surface area contributed by atoms with E-state index in [2.05, 4.69) is 26.8 Å². The van der Waals surface area contributed by atoms with Crippen molar-refractivity contribution in [2.75, 3.05) is 11.3 Å². The van der Waals surface area contributed by atoms with Crippen LogP contribution >= 0.6 is 0 Å². The van der Waals surface area contributed by atoms with Crippen LogP contribution in [0.4, 0.5) is 10.1 Å². The molecule has 1 aromatic carbocycles. The molecule has 0 saturated carbocycles. The topological polar surface area (TPSA) is 95.1 Å². The summed E-state index contributed by atoms with van der Waals surface area (Å²) in [4.78, 5) is 0. The maximum Gasteiger partial charge on any atom is 0.278 e. The number of rotatable bonds is 3. The zero-order valence-corrected chi connectivity index (χ0v) is 10.9. The second-order valence-corrected chi connectivity index (χ2v) is 5.33. The summed E-state index contributed by atoms with van der Waals surface area (Å²) in [6, 6.07) is 4.98. The van der Waals surface area contributed by atoms with Crippen LogP contribution in [-0.2, 0) is 10.0 Å². The van der Waals surface area contributed by atoms with Crippen LogP contribution in [0.15, 0.2) is 35.5 Å². The van der Waals surface area contributed by atoms with Crippen LogP contribution in [0, 0.1) is 17.7 Å². The molecule has 0 aliphatic heterocycles. The molecule has 0 aliphatic rings. The van der Waals surface area contributed by atoms with E-state index in [-0.39, 0.29) is 22.9 Å². The number of H-pyrrole nitrogens is 1. The van der Waals surface area contributed by atoms with Crippen LogP contribution in [0.25, 0.3) is 0 Å². The average molecular weight is 295 g/mol. The van der Waals surface area contributed by atoms with Gasteiger partial charge in [0, 0.05) is 0 Å². The number of aliphatic hydroxyl groups excluding tert-OH is 1. The Morgan fingerprint density at radius 1 is 1.40 bits per heavy atom. The second-order valence-electron chi connectivity index (χ2n) is 3.68. The summed E-state index contributed by atoms with van der Waals surface area (Å²) in [6.45, 7) is -0.381. The summed E-state index contributed by atoms with van der Waals surface area (Å²) < 4.78 is 39.6. The van der Waals surface area contributed by atoms with Gasteiger partial charge in [-0.25, -0.2) is 4.39 Å². The summed E-state index contributed by atoms with van der Waals surface area (Å²) in [5.74, 6) is 4.04. The van der Waals surface area contributed by atoms with Gasteiger partial charge in [-0.1, -0.05) is 11.8 Å². The Morgan fingerprint density at radius 2 is 2.20 bits per heavy atom. The maximum absolute atomic E-state index is 13.7. The summed E-state index contributed by atoms with van der Waals surface area (Å²) in [7, 11) is -3.83. The number of benzene rings is 1. The molecule has 20 heavy (non-hydrogen) atoms. The standard InChI is InChI=1S/C12H10FN3O3S/c13-11-8-10(4-3-9(11)2-1-7-17)16-20(18,19)12-5-6-14-15-12/h3-6,8,16-17H,7H2,(H,14,15). The first-order chi connectivity index (χ1) is 9.53. The second kappa shape index (κ2) is 5.73. The van der Waals surface area contributed by atoms with Crippen molar-refractivity contribution in [1.82, 2.24) is 10.2 Å². The molecule has 0 atom stereocenters. The molecule has 6 nitrogen and oxygen atoms in total. The number of hydrogen-bond donors (Lipinski definition) is 3. The van der Waals surface area contributed by atoms with Gasteiger partial charge in [0.2, 0.25) is 0 Å². The van der Waals surface area contributed by atoms with Crippen molar-refractivity contribution in [2.24, 2.45) is 0 Å². The zero-order valence-electron chi connectivity index (χ0n) is 10.1. The molecular formula is C12H10FN3O3S. The van der Waals surface area contributed by atoms with Crippen molar-refractivity contribution in [3.05, 3.63) is 41.8 Å². The fourth-order valence-corrected chi connectivity index (χ4v) is 2.38. The van der Waals surface area contributed by atoms with E-state index in [1.807, 2.05) is 0 Å². The number of nitrogens with zero attached hydrogens (tertiary/aromatic N) is 1. The lowest BCUT2D eigenvalue weighted by Gasteiger charge is -2.06. The fraction of sp³-hybridized carbons (Fsp3) is 0.0833. The quantitative estimate of drug-likeness (QED) is 0.726. The van der Waals surface area contributed by atoms with Crippen molar-refractivity contribution in [2.45, 2.75) is 5.03 Å². The third kappa shape index (κ3) is 3.14. The van der Waals surface area contributed by atoms with E-state index in [4.69, 9.17) is 5.11 Å². The molecule has 104 valence electrons. The molecule has 3 N–H and O–H groups in total. The third-order valence-corrected chi connectivity index (χ3v) is 3.60. The highest BCUT2D eigenvalue weighted by atomic mass is 32.2. The van der Waals surface area contributed by atoms with E-state index in [0.29, 0.717) is 0 Å². The number of hydrogen-bond acceptors (Lipinski definition) is 4. The van der Waals surface area contributed by atoms with Crippen LogP contribution in [-0.4, -0.2) is 30.3 Å². The smallest absolute Gasteiger partial charge is 0.278 e. The van der Waals surface area contributed by atoms with E-state index in [9.17, 15) is 12.8 Å². The van der Waals surface area contributed by atoms with Crippen molar-refractivity contribution < 1.29 is 17.9 Å². The molecule has 2 rings (SSSR count). The van der Waals surface area contributed by atoms with Crippen molar-refractivity contribution in [3.8, 4) is 11.8 Å². The van der Waals surface area contributed by atoms with Gasteiger partial charge in [-0.05, 0) is 24.3 Å². The van der Waals surface area contributed by atoms with E-state index in [0.717, 1.165) is 6.07 Å². The number of halogens is 1. The molecule has 1 aromatic heterocycles. The largest absolute Gasteiger partial charge is 0.384 e. The van der Waals surface area contributed by atoms with Crippen LogP contribution < -0.4 is 4.72 Å². The molecule has 1 heterocycles. The van der Waals surface area contributed by atoms with Gasteiger partial charge in [0.15, 0.2) is 5.03 Å². The Balaban J connectivity index is 2.25. The van der Waals surface area contributed by atoms with Crippen LogP contribution in [0.3, 0.4) is 0 Å². The highest BCUT2D eigenvalue weighted by Crippen LogP contribution is 2.17.